The molecule has 2 heterocycles. The van der Waals surface area contributed by atoms with Gasteiger partial charge in [0.05, 0.1) is 0 Å². The fourth-order valence-electron chi connectivity index (χ4n) is 3.16. The summed E-state index contributed by atoms with van der Waals surface area (Å²) >= 11 is 6.01. The van der Waals surface area contributed by atoms with Gasteiger partial charge in [-0.25, -0.2) is 4.98 Å². The number of amides is 1. The van der Waals surface area contributed by atoms with Crippen LogP contribution < -0.4 is 5.32 Å². The molecule has 28 heavy (non-hydrogen) atoms. The number of carbonyl (C=O) groups excluding carboxylic acids is 1. The zero-order valence-electron chi connectivity index (χ0n) is 15.9. The minimum Gasteiger partial charge on any atom is -0.355 e. The highest BCUT2D eigenvalue weighted by molar-refractivity contribution is 6.30. The molecule has 148 valence electrons. The Balaban J connectivity index is 1.56. The van der Waals surface area contributed by atoms with Crippen molar-refractivity contribution in [2.24, 2.45) is 0 Å². The zero-order valence-corrected chi connectivity index (χ0v) is 16.7. The quantitative estimate of drug-likeness (QED) is 0.568. The molecule has 0 atom stereocenters. The molecule has 0 aliphatic carbocycles. The van der Waals surface area contributed by atoms with Crippen molar-refractivity contribution in [3.63, 3.8) is 0 Å². The van der Waals surface area contributed by atoms with Crippen molar-refractivity contribution in [1.82, 2.24) is 30.6 Å². The third kappa shape index (κ3) is 4.56. The molecule has 0 fully saturated rings. The second-order valence-electron chi connectivity index (χ2n) is 6.62. The SMILES string of the molecule is CCC(CC)(CNC(=O)CCc1nc(-c2ncn[nH]2)no1)c1ccc(Cl)cc1. The Morgan fingerprint density at radius 2 is 2.00 bits per heavy atom. The van der Waals surface area contributed by atoms with E-state index in [4.69, 9.17) is 16.1 Å². The molecule has 0 saturated heterocycles. The van der Waals surface area contributed by atoms with Crippen molar-refractivity contribution in [3.8, 4) is 11.6 Å². The van der Waals surface area contributed by atoms with E-state index in [2.05, 4.69) is 44.5 Å². The van der Waals surface area contributed by atoms with Crippen molar-refractivity contribution in [3.05, 3.63) is 47.1 Å². The summed E-state index contributed by atoms with van der Waals surface area (Å²) in [5, 5.41) is 14.0. The Labute approximate surface area is 168 Å². The molecule has 0 radical (unpaired) electrons. The molecule has 3 aromatic rings. The number of hydrogen-bond acceptors (Lipinski definition) is 6. The summed E-state index contributed by atoms with van der Waals surface area (Å²) in [5.74, 6) is 1.08. The Morgan fingerprint density at radius 3 is 2.64 bits per heavy atom. The number of nitrogens with zero attached hydrogens (tertiary/aromatic N) is 4. The first kappa shape index (κ1) is 20.0. The molecule has 1 aromatic carbocycles. The van der Waals surface area contributed by atoms with E-state index in [1.165, 1.54) is 11.9 Å². The third-order valence-corrected chi connectivity index (χ3v) is 5.35. The molecule has 2 N–H and O–H groups in total. The van der Waals surface area contributed by atoms with Gasteiger partial charge in [0.1, 0.15) is 6.33 Å². The van der Waals surface area contributed by atoms with Gasteiger partial charge in [0.2, 0.25) is 17.6 Å². The molecule has 9 heteroatoms. The number of rotatable bonds is 9. The average molecular weight is 403 g/mol. The summed E-state index contributed by atoms with van der Waals surface area (Å²) in [7, 11) is 0. The first-order valence-corrected chi connectivity index (χ1v) is 9.65. The van der Waals surface area contributed by atoms with Crippen molar-refractivity contribution < 1.29 is 9.32 Å². The van der Waals surface area contributed by atoms with Crippen LogP contribution in [0.3, 0.4) is 0 Å². The van der Waals surface area contributed by atoms with Crippen LogP contribution in [0.4, 0.5) is 0 Å². The van der Waals surface area contributed by atoms with Crippen LogP contribution in [-0.2, 0) is 16.6 Å². The summed E-state index contributed by atoms with van der Waals surface area (Å²) in [6, 6.07) is 7.84. The molecular weight excluding hydrogens is 380 g/mol. The standard InChI is InChI=1S/C19H23ClN6O2/c1-3-19(4-2,13-5-7-14(20)8-6-13)11-21-15(27)9-10-16-24-18(26-28-16)17-22-12-23-25-17/h5-8,12H,3-4,9-11H2,1-2H3,(H,21,27)(H,22,23,25). The summed E-state index contributed by atoms with van der Waals surface area (Å²) < 4.78 is 5.17. The third-order valence-electron chi connectivity index (χ3n) is 5.09. The maximum atomic E-state index is 12.4. The number of hydrogen-bond donors (Lipinski definition) is 2. The van der Waals surface area contributed by atoms with Gasteiger partial charge in [-0.05, 0) is 30.5 Å². The number of aromatic amines is 1. The molecule has 0 unspecified atom stereocenters. The predicted molar refractivity (Wildman–Crippen MR) is 105 cm³/mol. The summed E-state index contributed by atoms with van der Waals surface area (Å²) in [4.78, 5) is 20.5. The highest BCUT2D eigenvalue weighted by atomic mass is 35.5. The first-order chi connectivity index (χ1) is 13.6. The molecule has 0 saturated carbocycles. The topological polar surface area (TPSA) is 110 Å². The number of aryl methyl sites for hydroxylation is 1. The average Bonchev–Trinajstić information content (AvgIpc) is 3.40. The Hall–Kier alpha value is -2.74. The minimum absolute atomic E-state index is 0.0559. The fourth-order valence-corrected chi connectivity index (χ4v) is 3.28. The van der Waals surface area contributed by atoms with E-state index in [1.54, 1.807) is 0 Å². The molecule has 1 amide bonds. The molecule has 2 aromatic heterocycles. The number of carbonyl (C=O) groups is 1. The summed E-state index contributed by atoms with van der Waals surface area (Å²) in [5.41, 5.74) is 1.06. The normalized spacial score (nSPS) is 11.5. The molecule has 0 aliphatic heterocycles. The highest BCUT2D eigenvalue weighted by Crippen LogP contribution is 2.31. The lowest BCUT2D eigenvalue weighted by Gasteiger charge is -2.32. The van der Waals surface area contributed by atoms with Gasteiger partial charge in [-0.1, -0.05) is 42.7 Å². The summed E-state index contributed by atoms with van der Waals surface area (Å²) in [6.45, 7) is 4.83. The van der Waals surface area contributed by atoms with Crippen LogP contribution >= 0.6 is 11.6 Å². The Kier molecular flexibility index (Phi) is 6.41. The molecule has 0 spiro atoms. The van der Waals surface area contributed by atoms with Crippen LogP contribution in [0.2, 0.25) is 5.02 Å². The van der Waals surface area contributed by atoms with Crippen molar-refractivity contribution in [2.45, 2.75) is 44.9 Å². The molecule has 0 aliphatic rings. The van der Waals surface area contributed by atoms with E-state index in [1.807, 2.05) is 24.3 Å². The van der Waals surface area contributed by atoms with Crippen LogP contribution in [0.5, 0.6) is 0 Å². The molecule has 3 rings (SSSR count). The van der Waals surface area contributed by atoms with E-state index in [-0.39, 0.29) is 17.7 Å². The van der Waals surface area contributed by atoms with Gasteiger partial charge in [0.25, 0.3) is 0 Å². The predicted octanol–water partition coefficient (Wildman–Crippen LogP) is 3.31. The zero-order chi connectivity index (χ0) is 20.0. The number of nitrogens with one attached hydrogen (secondary N) is 2. The molecule has 8 nitrogen and oxygen atoms in total. The molecular formula is C19H23ClN6O2. The van der Waals surface area contributed by atoms with E-state index in [9.17, 15) is 4.79 Å². The minimum atomic E-state index is -0.121. The van der Waals surface area contributed by atoms with Crippen LogP contribution in [0.25, 0.3) is 11.6 Å². The van der Waals surface area contributed by atoms with Crippen LogP contribution in [0.15, 0.2) is 35.1 Å². The lowest BCUT2D eigenvalue weighted by molar-refractivity contribution is -0.121. The summed E-state index contributed by atoms with van der Waals surface area (Å²) in [6.07, 6.45) is 3.82. The Morgan fingerprint density at radius 1 is 1.25 bits per heavy atom. The van der Waals surface area contributed by atoms with Gasteiger partial charge in [-0.2, -0.15) is 10.1 Å². The largest absolute Gasteiger partial charge is 0.355 e. The van der Waals surface area contributed by atoms with Gasteiger partial charge in [-0.3, -0.25) is 9.89 Å². The first-order valence-electron chi connectivity index (χ1n) is 9.27. The maximum Gasteiger partial charge on any atom is 0.239 e. The van der Waals surface area contributed by atoms with Gasteiger partial charge < -0.3 is 9.84 Å². The lowest BCUT2D eigenvalue weighted by atomic mass is 9.76. The van der Waals surface area contributed by atoms with Crippen molar-refractivity contribution >= 4 is 17.5 Å². The number of benzene rings is 1. The van der Waals surface area contributed by atoms with Crippen LogP contribution in [0.1, 0.15) is 44.6 Å². The van der Waals surface area contributed by atoms with Crippen molar-refractivity contribution in [2.75, 3.05) is 6.54 Å². The van der Waals surface area contributed by atoms with E-state index < -0.39 is 0 Å². The smallest absolute Gasteiger partial charge is 0.239 e. The number of aromatic nitrogens is 5. The van der Waals surface area contributed by atoms with Gasteiger partial charge in [0.15, 0.2) is 5.82 Å². The maximum absolute atomic E-state index is 12.4. The van der Waals surface area contributed by atoms with Gasteiger partial charge in [0, 0.05) is 29.8 Å². The van der Waals surface area contributed by atoms with Crippen LogP contribution in [-0.4, -0.2) is 37.8 Å². The van der Waals surface area contributed by atoms with E-state index >= 15 is 0 Å². The second-order valence-corrected chi connectivity index (χ2v) is 7.05. The molecule has 0 bridgehead atoms. The van der Waals surface area contributed by atoms with E-state index in [0.717, 1.165) is 12.8 Å². The van der Waals surface area contributed by atoms with Gasteiger partial charge >= 0.3 is 0 Å². The monoisotopic (exact) mass is 402 g/mol. The number of halogens is 1. The van der Waals surface area contributed by atoms with Crippen LogP contribution in [0, 0.1) is 0 Å². The van der Waals surface area contributed by atoms with Gasteiger partial charge in [-0.15, -0.1) is 0 Å². The lowest BCUT2D eigenvalue weighted by Crippen LogP contribution is -2.40. The Bertz CT molecular complexity index is 888. The number of H-pyrrole nitrogens is 1. The van der Waals surface area contributed by atoms with Crippen molar-refractivity contribution in [1.29, 1.82) is 0 Å². The second kappa shape index (κ2) is 8.97. The fraction of sp³-hybridized carbons (Fsp3) is 0.421. The van der Waals surface area contributed by atoms with E-state index in [0.29, 0.717) is 35.5 Å². The highest BCUT2D eigenvalue weighted by Gasteiger charge is 2.29.